The highest BCUT2D eigenvalue weighted by atomic mass is 16.1. The molecule has 5 nitrogen and oxygen atoms in total. The minimum absolute atomic E-state index is 0.0175. The van der Waals surface area contributed by atoms with Crippen LogP contribution in [0.1, 0.15) is 44.0 Å². The standard InChI is InChI=1S/C12H22N4O/c1-4-6-14-11(7-12(13)17)9-8-16(3)15-10(9)5-2/h8,11,14H,4-7H2,1-3H3,(H2,13,17). The maximum Gasteiger partial charge on any atom is 0.219 e. The van der Waals surface area contributed by atoms with Crippen molar-refractivity contribution in [3.8, 4) is 0 Å². The molecule has 1 rings (SSSR count). The average Bonchev–Trinajstić information content (AvgIpc) is 2.65. The van der Waals surface area contributed by atoms with Crippen molar-refractivity contribution in [2.75, 3.05) is 6.54 Å². The lowest BCUT2D eigenvalue weighted by molar-refractivity contribution is -0.118. The SMILES string of the molecule is CCCNC(CC(N)=O)c1cn(C)nc1CC. The topological polar surface area (TPSA) is 72.9 Å². The number of aromatic nitrogens is 2. The molecule has 96 valence electrons. The Bertz CT molecular complexity index is 373. The summed E-state index contributed by atoms with van der Waals surface area (Å²) >= 11 is 0. The number of nitrogens with zero attached hydrogens (tertiary/aromatic N) is 2. The van der Waals surface area contributed by atoms with Crippen molar-refractivity contribution in [3.05, 3.63) is 17.5 Å². The van der Waals surface area contributed by atoms with Gasteiger partial charge < -0.3 is 11.1 Å². The number of rotatable bonds is 7. The minimum Gasteiger partial charge on any atom is -0.370 e. The molecule has 5 heteroatoms. The van der Waals surface area contributed by atoms with E-state index in [9.17, 15) is 4.79 Å². The van der Waals surface area contributed by atoms with Crippen molar-refractivity contribution >= 4 is 5.91 Å². The molecule has 0 bridgehead atoms. The highest BCUT2D eigenvalue weighted by Gasteiger charge is 2.19. The summed E-state index contributed by atoms with van der Waals surface area (Å²) in [6.07, 6.45) is 4.17. The molecule has 0 aliphatic carbocycles. The van der Waals surface area contributed by atoms with E-state index < -0.39 is 0 Å². The van der Waals surface area contributed by atoms with Gasteiger partial charge in [0.25, 0.3) is 0 Å². The van der Waals surface area contributed by atoms with E-state index in [1.807, 2.05) is 13.2 Å². The van der Waals surface area contributed by atoms with Gasteiger partial charge in [-0.1, -0.05) is 13.8 Å². The molecular formula is C12H22N4O. The van der Waals surface area contributed by atoms with Gasteiger partial charge in [0, 0.05) is 31.3 Å². The third-order valence-electron chi connectivity index (χ3n) is 2.69. The summed E-state index contributed by atoms with van der Waals surface area (Å²) < 4.78 is 1.79. The number of nitrogens with one attached hydrogen (secondary N) is 1. The van der Waals surface area contributed by atoms with Gasteiger partial charge in [-0.05, 0) is 19.4 Å². The molecule has 1 aromatic rings. The van der Waals surface area contributed by atoms with Crippen LogP contribution in [0.4, 0.5) is 0 Å². The molecule has 0 aromatic carbocycles. The van der Waals surface area contributed by atoms with E-state index in [0.29, 0.717) is 6.42 Å². The van der Waals surface area contributed by atoms with Crippen LogP contribution in [-0.2, 0) is 18.3 Å². The van der Waals surface area contributed by atoms with Gasteiger partial charge in [-0.3, -0.25) is 9.48 Å². The molecule has 0 spiro atoms. The molecular weight excluding hydrogens is 216 g/mol. The fourth-order valence-electron chi connectivity index (χ4n) is 1.93. The zero-order valence-corrected chi connectivity index (χ0v) is 10.9. The number of aryl methyl sites for hydroxylation is 2. The van der Waals surface area contributed by atoms with Gasteiger partial charge in [0.1, 0.15) is 0 Å². The molecule has 0 aliphatic rings. The lowest BCUT2D eigenvalue weighted by Gasteiger charge is -2.16. The van der Waals surface area contributed by atoms with Gasteiger partial charge in [0.2, 0.25) is 5.91 Å². The van der Waals surface area contributed by atoms with Crippen LogP contribution < -0.4 is 11.1 Å². The van der Waals surface area contributed by atoms with Crippen molar-refractivity contribution < 1.29 is 4.79 Å². The number of hydrogen-bond acceptors (Lipinski definition) is 3. The summed E-state index contributed by atoms with van der Waals surface area (Å²) in [4.78, 5) is 11.1. The lowest BCUT2D eigenvalue weighted by atomic mass is 10.0. The Labute approximate surface area is 102 Å². The van der Waals surface area contributed by atoms with Crippen molar-refractivity contribution in [1.82, 2.24) is 15.1 Å². The number of carbonyl (C=O) groups excluding carboxylic acids is 1. The molecule has 0 saturated heterocycles. The largest absolute Gasteiger partial charge is 0.370 e. The van der Waals surface area contributed by atoms with Gasteiger partial charge in [-0.2, -0.15) is 5.10 Å². The zero-order valence-electron chi connectivity index (χ0n) is 10.9. The van der Waals surface area contributed by atoms with E-state index in [1.54, 1.807) is 4.68 Å². The van der Waals surface area contributed by atoms with Crippen LogP contribution in [0.2, 0.25) is 0 Å². The lowest BCUT2D eigenvalue weighted by Crippen LogP contribution is -2.27. The second-order valence-electron chi connectivity index (χ2n) is 4.24. The summed E-state index contributed by atoms with van der Waals surface area (Å²) in [6.45, 7) is 5.03. The smallest absolute Gasteiger partial charge is 0.219 e. The van der Waals surface area contributed by atoms with Gasteiger partial charge >= 0.3 is 0 Å². The van der Waals surface area contributed by atoms with Crippen molar-refractivity contribution in [2.45, 2.75) is 39.2 Å². The number of amides is 1. The van der Waals surface area contributed by atoms with Crippen molar-refractivity contribution in [3.63, 3.8) is 0 Å². The van der Waals surface area contributed by atoms with Crippen LogP contribution in [-0.4, -0.2) is 22.2 Å². The summed E-state index contributed by atoms with van der Waals surface area (Å²) in [5.41, 5.74) is 7.41. The van der Waals surface area contributed by atoms with E-state index in [4.69, 9.17) is 5.73 Å². The first-order valence-corrected chi connectivity index (χ1v) is 6.12. The number of carbonyl (C=O) groups is 1. The Hall–Kier alpha value is -1.36. The van der Waals surface area contributed by atoms with E-state index in [1.165, 1.54) is 0 Å². The summed E-state index contributed by atoms with van der Waals surface area (Å²) in [5.74, 6) is -0.287. The van der Waals surface area contributed by atoms with Gasteiger partial charge in [0.05, 0.1) is 5.69 Å². The molecule has 1 aromatic heterocycles. The Morgan fingerprint density at radius 3 is 2.82 bits per heavy atom. The molecule has 1 atom stereocenters. The predicted molar refractivity (Wildman–Crippen MR) is 67.4 cm³/mol. The van der Waals surface area contributed by atoms with Crippen LogP contribution in [0.25, 0.3) is 0 Å². The third-order valence-corrected chi connectivity index (χ3v) is 2.69. The van der Waals surface area contributed by atoms with Gasteiger partial charge in [-0.15, -0.1) is 0 Å². The summed E-state index contributed by atoms with van der Waals surface area (Å²) in [5, 5.41) is 7.74. The summed E-state index contributed by atoms with van der Waals surface area (Å²) in [6, 6.07) is -0.0175. The molecule has 0 saturated carbocycles. The second kappa shape index (κ2) is 6.39. The fourth-order valence-corrected chi connectivity index (χ4v) is 1.93. The molecule has 17 heavy (non-hydrogen) atoms. The van der Waals surface area contributed by atoms with Gasteiger partial charge in [-0.25, -0.2) is 0 Å². The second-order valence-corrected chi connectivity index (χ2v) is 4.24. The molecule has 1 heterocycles. The first-order valence-electron chi connectivity index (χ1n) is 6.12. The number of hydrogen-bond donors (Lipinski definition) is 2. The van der Waals surface area contributed by atoms with Crippen LogP contribution in [0.3, 0.4) is 0 Å². The average molecular weight is 238 g/mol. The Morgan fingerprint density at radius 1 is 1.59 bits per heavy atom. The predicted octanol–water partition coefficient (Wildman–Crippen LogP) is 0.899. The Kier molecular flexibility index (Phi) is 5.15. The van der Waals surface area contributed by atoms with E-state index in [2.05, 4.69) is 24.3 Å². The number of primary amides is 1. The van der Waals surface area contributed by atoms with Gasteiger partial charge in [0.15, 0.2) is 0 Å². The van der Waals surface area contributed by atoms with Crippen LogP contribution in [0.15, 0.2) is 6.20 Å². The molecule has 0 fully saturated rings. The molecule has 0 radical (unpaired) electrons. The normalized spacial score (nSPS) is 12.6. The first-order chi connectivity index (χ1) is 8.08. The molecule has 1 amide bonds. The summed E-state index contributed by atoms with van der Waals surface area (Å²) in [7, 11) is 1.89. The van der Waals surface area contributed by atoms with Crippen molar-refractivity contribution in [2.24, 2.45) is 12.8 Å². The van der Waals surface area contributed by atoms with E-state index >= 15 is 0 Å². The minimum atomic E-state index is -0.287. The number of nitrogens with two attached hydrogens (primary N) is 1. The highest BCUT2D eigenvalue weighted by molar-refractivity contribution is 5.74. The van der Waals surface area contributed by atoms with E-state index in [0.717, 1.165) is 30.6 Å². The monoisotopic (exact) mass is 238 g/mol. The fraction of sp³-hybridized carbons (Fsp3) is 0.667. The van der Waals surface area contributed by atoms with Crippen molar-refractivity contribution in [1.29, 1.82) is 0 Å². The molecule has 3 N–H and O–H groups in total. The van der Waals surface area contributed by atoms with Crippen LogP contribution >= 0.6 is 0 Å². The highest BCUT2D eigenvalue weighted by Crippen LogP contribution is 2.20. The maximum atomic E-state index is 11.1. The Morgan fingerprint density at radius 2 is 2.29 bits per heavy atom. The molecule has 1 unspecified atom stereocenters. The third kappa shape index (κ3) is 3.85. The van der Waals surface area contributed by atoms with Crippen LogP contribution in [0, 0.1) is 0 Å². The Balaban J connectivity index is 2.89. The molecule has 0 aliphatic heterocycles. The first kappa shape index (κ1) is 13.7. The van der Waals surface area contributed by atoms with Crippen LogP contribution in [0.5, 0.6) is 0 Å². The zero-order chi connectivity index (χ0) is 12.8. The quantitative estimate of drug-likeness (QED) is 0.741. The van der Waals surface area contributed by atoms with E-state index in [-0.39, 0.29) is 11.9 Å². The maximum absolute atomic E-state index is 11.1.